The summed E-state index contributed by atoms with van der Waals surface area (Å²) in [5.41, 5.74) is 7.52. The van der Waals surface area contributed by atoms with Crippen LogP contribution in [0.5, 0.6) is 0 Å². The number of oxime groups is 1. The SMILES string of the molecule is CCC1(C(=O)Nc2cccc(C)c2/C(N)=N/O)CCCC1. The van der Waals surface area contributed by atoms with Crippen molar-refractivity contribution in [2.24, 2.45) is 16.3 Å². The van der Waals surface area contributed by atoms with Gasteiger partial charge in [-0.05, 0) is 37.8 Å². The summed E-state index contributed by atoms with van der Waals surface area (Å²) in [6, 6.07) is 5.51. The van der Waals surface area contributed by atoms with Gasteiger partial charge in [0.25, 0.3) is 0 Å². The van der Waals surface area contributed by atoms with E-state index in [1.165, 1.54) is 0 Å². The number of hydrogen-bond donors (Lipinski definition) is 3. The maximum absolute atomic E-state index is 12.7. The summed E-state index contributed by atoms with van der Waals surface area (Å²) in [7, 11) is 0. The summed E-state index contributed by atoms with van der Waals surface area (Å²) in [6.45, 7) is 3.93. The van der Waals surface area contributed by atoms with Crippen molar-refractivity contribution in [3.05, 3.63) is 29.3 Å². The predicted octanol–water partition coefficient (Wildman–Crippen LogP) is 3.00. The second kappa shape index (κ2) is 6.16. The molecule has 0 atom stereocenters. The molecule has 0 saturated heterocycles. The van der Waals surface area contributed by atoms with Crippen molar-refractivity contribution < 1.29 is 10.0 Å². The Balaban J connectivity index is 2.32. The molecule has 0 radical (unpaired) electrons. The largest absolute Gasteiger partial charge is 0.409 e. The number of aryl methyl sites for hydroxylation is 1. The van der Waals surface area contributed by atoms with Crippen LogP contribution in [0.15, 0.2) is 23.4 Å². The lowest BCUT2D eigenvalue weighted by Crippen LogP contribution is -2.34. The lowest BCUT2D eigenvalue weighted by molar-refractivity contribution is -0.125. The first-order valence-electron chi connectivity index (χ1n) is 7.43. The average molecular weight is 289 g/mol. The minimum Gasteiger partial charge on any atom is -0.409 e. The summed E-state index contributed by atoms with van der Waals surface area (Å²) in [4.78, 5) is 12.7. The van der Waals surface area contributed by atoms with E-state index in [2.05, 4.69) is 17.4 Å². The number of nitrogens with two attached hydrogens (primary N) is 1. The number of rotatable bonds is 4. The molecule has 0 aromatic heterocycles. The molecule has 4 N–H and O–H groups in total. The van der Waals surface area contributed by atoms with Gasteiger partial charge in [0.05, 0.1) is 5.69 Å². The van der Waals surface area contributed by atoms with Crippen LogP contribution in [0, 0.1) is 12.3 Å². The van der Waals surface area contributed by atoms with E-state index >= 15 is 0 Å². The van der Waals surface area contributed by atoms with Gasteiger partial charge in [0.15, 0.2) is 5.84 Å². The summed E-state index contributed by atoms with van der Waals surface area (Å²) in [5.74, 6) is 0.0560. The average Bonchev–Trinajstić information content (AvgIpc) is 2.97. The molecule has 1 saturated carbocycles. The minimum atomic E-state index is -0.272. The van der Waals surface area contributed by atoms with Gasteiger partial charge in [-0.15, -0.1) is 0 Å². The highest BCUT2D eigenvalue weighted by Crippen LogP contribution is 2.42. The maximum atomic E-state index is 12.7. The van der Waals surface area contributed by atoms with Crippen molar-refractivity contribution in [1.82, 2.24) is 0 Å². The number of carbonyl (C=O) groups is 1. The molecule has 5 nitrogen and oxygen atoms in total. The minimum absolute atomic E-state index is 0.0142. The molecule has 114 valence electrons. The van der Waals surface area contributed by atoms with Crippen molar-refractivity contribution in [2.45, 2.75) is 46.0 Å². The van der Waals surface area contributed by atoms with Crippen LogP contribution >= 0.6 is 0 Å². The zero-order valence-corrected chi connectivity index (χ0v) is 12.6. The van der Waals surface area contributed by atoms with Crippen molar-refractivity contribution >= 4 is 17.4 Å². The number of benzene rings is 1. The molecule has 1 aromatic carbocycles. The first kappa shape index (κ1) is 15.4. The van der Waals surface area contributed by atoms with Gasteiger partial charge in [-0.3, -0.25) is 4.79 Å². The Hall–Kier alpha value is -2.04. The number of anilines is 1. The highest BCUT2D eigenvalue weighted by Gasteiger charge is 2.39. The van der Waals surface area contributed by atoms with Crippen LogP contribution < -0.4 is 11.1 Å². The number of amidine groups is 1. The molecule has 1 aliphatic rings. The standard InChI is InChI=1S/C16H23N3O2/c1-3-16(9-4-5-10-16)15(20)18-12-8-6-7-11(2)13(12)14(17)19-21/h6-8,21H,3-5,9-10H2,1-2H3,(H2,17,19)(H,18,20). The fourth-order valence-electron chi connectivity index (χ4n) is 3.21. The first-order valence-corrected chi connectivity index (χ1v) is 7.43. The highest BCUT2D eigenvalue weighted by atomic mass is 16.4. The Morgan fingerprint density at radius 3 is 2.67 bits per heavy atom. The molecule has 1 fully saturated rings. The summed E-state index contributed by atoms with van der Waals surface area (Å²) >= 11 is 0. The van der Waals surface area contributed by atoms with Gasteiger partial charge in [-0.2, -0.15) is 0 Å². The van der Waals surface area contributed by atoms with Crippen LogP contribution in [0.1, 0.15) is 50.2 Å². The smallest absolute Gasteiger partial charge is 0.230 e. The predicted molar refractivity (Wildman–Crippen MR) is 83.5 cm³/mol. The van der Waals surface area contributed by atoms with Gasteiger partial charge < -0.3 is 16.3 Å². The van der Waals surface area contributed by atoms with E-state index in [1.54, 1.807) is 6.07 Å². The Labute approximate surface area is 125 Å². The molecule has 0 spiro atoms. The molecule has 1 aliphatic carbocycles. The summed E-state index contributed by atoms with van der Waals surface area (Å²) in [5, 5.41) is 15.0. The fourth-order valence-corrected chi connectivity index (χ4v) is 3.21. The Morgan fingerprint density at radius 2 is 2.10 bits per heavy atom. The lowest BCUT2D eigenvalue weighted by atomic mass is 9.82. The number of nitrogens with zero attached hydrogens (tertiary/aromatic N) is 1. The quantitative estimate of drug-likeness (QED) is 0.344. The van der Waals surface area contributed by atoms with Crippen LogP contribution in [0.25, 0.3) is 0 Å². The molecule has 0 unspecified atom stereocenters. The number of amides is 1. The van der Waals surface area contributed by atoms with Gasteiger partial charge in [-0.25, -0.2) is 0 Å². The van der Waals surface area contributed by atoms with Gasteiger partial charge in [0.1, 0.15) is 0 Å². The van der Waals surface area contributed by atoms with Crippen LogP contribution in [-0.2, 0) is 4.79 Å². The third kappa shape index (κ3) is 2.86. The first-order chi connectivity index (χ1) is 10.0. The van der Waals surface area contributed by atoms with Gasteiger partial charge in [-0.1, -0.05) is 37.1 Å². The van der Waals surface area contributed by atoms with Gasteiger partial charge in [0.2, 0.25) is 5.91 Å². The molecular formula is C16H23N3O2. The van der Waals surface area contributed by atoms with E-state index in [-0.39, 0.29) is 17.2 Å². The van der Waals surface area contributed by atoms with E-state index in [0.29, 0.717) is 11.3 Å². The maximum Gasteiger partial charge on any atom is 0.230 e. The molecule has 0 aliphatic heterocycles. The Morgan fingerprint density at radius 1 is 1.43 bits per heavy atom. The van der Waals surface area contributed by atoms with Crippen LogP contribution in [0.2, 0.25) is 0 Å². The van der Waals surface area contributed by atoms with Crippen LogP contribution in [0.4, 0.5) is 5.69 Å². The summed E-state index contributed by atoms with van der Waals surface area (Å²) in [6.07, 6.45) is 4.90. The Kier molecular flexibility index (Phi) is 4.50. The van der Waals surface area contributed by atoms with Crippen molar-refractivity contribution in [1.29, 1.82) is 0 Å². The van der Waals surface area contributed by atoms with Crippen LogP contribution in [0.3, 0.4) is 0 Å². The number of carbonyl (C=O) groups excluding carboxylic acids is 1. The third-order valence-electron chi connectivity index (χ3n) is 4.60. The van der Waals surface area contributed by atoms with E-state index in [9.17, 15) is 4.79 Å². The lowest BCUT2D eigenvalue weighted by Gasteiger charge is -2.26. The molecule has 1 aromatic rings. The monoisotopic (exact) mass is 289 g/mol. The van der Waals surface area contributed by atoms with Crippen molar-refractivity contribution in [3.63, 3.8) is 0 Å². The van der Waals surface area contributed by atoms with Gasteiger partial charge in [0, 0.05) is 11.0 Å². The normalized spacial score (nSPS) is 17.7. The second-order valence-corrected chi connectivity index (χ2v) is 5.78. The zero-order valence-electron chi connectivity index (χ0n) is 12.6. The van der Waals surface area contributed by atoms with E-state index in [0.717, 1.165) is 37.7 Å². The van der Waals surface area contributed by atoms with Crippen molar-refractivity contribution in [2.75, 3.05) is 5.32 Å². The number of hydrogen-bond acceptors (Lipinski definition) is 3. The molecular weight excluding hydrogens is 266 g/mol. The van der Waals surface area contributed by atoms with E-state index in [4.69, 9.17) is 10.9 Å². The van der Waals surface area contributed by atoms with E-state index < -0.39 is 0 Å². The molecule has 0 bridgehead atoms. The number of nitrogens with one attached hydrogen (secondary N) is 1. The Bertz CT molecular complexity index is 561. The topological polar surface area (TPSA) is 87.7 Å². The zero-order chi connectivity index (χ0) is 15.5. The third-order valence-corrected chi connectivity index (χ3v) is 4.60. The summed E-state index contributed by atoms with van der Waals surface area (Å²) < 4.78 is 0. The van der Waals surface area contributed by atoms with Crippen molar-refractivity contribution in [3.8, 4) is 0 Å². The molecule has 5 heteroatoms. The molecule has 2 rings (SSSR count). The van der Waals surface area contributed by atoms with Crippen LogP contribution in [-0.4, -0.2) is 17.0 Å². The molecule has 0 heterocycles. The second-order valence-electron chi connectivity index (χ2n) is 5.78. The molecule has 1 amide bonds. The fraction of sp³-hybridized carbons (Fsp3) is 0.500. The highest BCUT2D eigenvalue weighted by molar-refractivity contribution is 6.07. The molecule has 21 heavy (non-hydrogen) atoms. The van der Waals surface area contributed by atoms with Gasteiger partial charge >= 0.3 is 0 Å². The van der Waals surface area contributed by atoms with E-state index in [1.807, 2.05) is 19.1 Å².